The maximum Gasteiger partial charge on any atom is 0.224 e. The summed E-state index contributed by atoms with van der Waals surface area (Å²) in [5.74, 6) is 0.502. The van der Waals surface area contributed by atoms with E-state index >= 15 is 0 Å². The Morgan fingerprint density at radius 2 is 2.24 bits per heavy atom. The maximum atomic E-state index is 11.6. The molecule has 0 spiro atoms. The SMILES string of the molecule is O=C(CCCCl)Nc1cccc2cnccc12. The van der Waals surface area contributed by atoms with Crippen molar-refractivity contribution in [2.75, 3.05) is 11.2 Å². The van der Waals surface area contributed by atoms with Crippen molar-refractivity contribution in [1.82, 2.24) is 4.98 Å². The Morgan fingerprint density at radius 1 is 1.35 bits per heavy atom. The highest BCUT2D eigenvalue weighted by atomic mass is 35.5. The van der Waals surface area contributed by atoms with E-state index in [1.54, 1.807) is 12.4 Å². The van der Waals surface area contributed by atoms with E-state index in [0.29, 0.717) is 18.7 Å². The van der Waals surface area contributed by atoms with E-state index in [0.717, 1.165) is 16.5 Å². The first-order valence-electron chi connectivity index (χ1n) is 5.50. The Balaban J connectivity index is 2.21. The number of carbonyl (C=O) groups is 1. The minimum absolute atomic E-state index is 0.00466. The van der Waals surface area contributed by atoms with Gasteiger partial charge in [-0.25, -0.2) is 0 Å². The molecule has 0 fully saturated rings. The van der Waals surface area contributed by atoms with E-state index in [2.05, 4.69) is 10.3 Å². The number of hydrogen-bond donors (Lipinski definition) is 1. The lowest BCUT2D eigenvalue weighted by Gasteiger charge is -2.07. The van der Waals surface area contributed by atoms with Gasteiger partial charge in [0.05, 0.1) is 0 Å². The van der Waals surface area contributed by atoms with Crippen LogP contribution in [0.5, 0.6) is 0 Å². The highest BCUT2D eigenvalue weighted by molar-refractivity contribution is 6.18. The molecule has 0 saturated heterocycles. The number of aromatic nitrogens is 1. The summed E-state index contributed by atoms with van der Waals surface area (Å²) in [4.78, 5) is 15.7. The fourth-order valence-electron chi connectivity index (χ4n) is 1.67. The highest BCUT2D eigenvalue weighted by Crippen LogP contribution is 2.22. The zero-order valence-corrected chi connectivity index (χ0v) is 10.1. The van der Waals surface area contributed by atoms with Crippen LogP contribution in [0.15, 0.2) is 36.7 Å². The van der Waals surface area contributed by atoms with Gasteiger partial charge in [0.2, 0.25) is 5.91 Å². The van der Waals surface area contributed by atoms with Gasteiger partial charge in [-0.1, -0.05) is 12.1 Å². The molecule has 0 aliphatic carbocycles. The number of rotatable bonds is 4. The van der Waals surface area contributed by atoms with Gasteiger partial charge in [0.1, 0.15) is 0 Å². The minimum atomic E-state index is -0.00466. The Labute approximate surface area is 105 Å². The molecule has 0 saturated carbocycles. The summed E-state index contributed by atoms with van der Waals surface area (Å²) in [5, 5.41) is 4.91. The van der Waals surface area contributed by atoms with Gasteiger partial charge in [-0.3, -0.25) is 9.78 Å². The molecule has 0 bridgehead atoms. The van der Waals surface area contributed by atoms with Crippen molar-refractivity contribution >= 4 is 34.0 Å². The summed E-state index contributed by atoms with van der Waals surface area (Å²) in [6.07, 6.45) is 4.64. The number of alkyl halides is 1. The predicted octanol–water partition coefficient (Wildman–Crippen LogP) is 3.19. The molecule has 88 valence electrons. The topological polar surface area (TPSA) is 42.0 Å². The molecular formula is C13H13ClN2O. The quantitative estimate of drug-likeness (QED) is 0.845. The molecule has 1 aromatic carbocycles. The first kappa shape index (κ1) is 11.9. The largest absolute Gasteiger partial charge is 0.326 e. The number of halogens is 1. The molecule has 17 heavy (non-hydrogen) atoms. The molecule has 4 heteroatoms. The van der Waals surface area contributed by atoms with Crippen LogP contribution in [0.2, 0.25) is 0 Å². The molecule has 0 radical (unpaired) electrons. The minimum Gasteiger partial charge on any atom is -0.326 e. The summed E-state index contributed by atoms with van der Waals surface area (Å²) in [6.45, 7) is 0. The molecule has 0 aliphatic heterocycles. The van der Waals surface area contributed by atoms with Gasteiger partial charge in [0, 0.05) is 41.2 Å². The Morgan fingerprint density at radius 3 is 3.06 bits per heavy atom. The molecule has 0 atom stereocenters. The number of nitrogens with zero attached hydrogens (tertiary/aromatic N) is 1. The summed E-state index contributed by atoms with van der Waals surface area (Å²) in [5.41, 5.74) is 0.824. The molecule has 1 aromatic heterocycles. The second-order valence-electron chi connectivity index (χ2n) is 3.74. The third-order valence-electron chi connectivity index (χ3n) is 2.49. The van der Waals surface area contributed by atoms with Gasteiger partial charge in [-0.2, -0.15) is 0 Å². The second-order valence-corrected chi connectivity index (χ2v) is 4.12. The summed E-state index contributed by atoms with van der Waals surface area (Å²) in [6, 6.07) is 7.66. The van der Waals surface area contributed by atoms with Crippen LogP contribution in [0.3, 0.4) is 0 Å². The van der Waals surface area contributed by atoms with Crippen molar-refractivity contribution in [3.63, 3.8) is 0 Å². The number of carbonyl (C=O) groups excluding carboxylic acids is 1. The van der Waals surface area contributed by atoms with E-state index in [1.165, 1.54) is 0 Å². The smallest absolute Gasteiger partial charge is 0.224 e. The lowest BCUT2D eigenvalue weighted by Crippen LogP contribution is -2.11. The summed E-state index contributed by atoms with van der Waals surface area (Å²) < 4.78 is 0. The van der Waals surface area contributed by atoms with Crippen LogP contribution in [0.1, 0.15) is 12.8 Å². The van der Waals surface area contributed by atoms with Gasteiger partial charge in [0.15, 0.2) is 0 Å². The van der Waals surface area contributed by atoms with Crippen LogP contribution in [0.4, 0.5) is 5.69 Å². The summed E-state index contributed by atoms with van der Waals surface area (Å²) in [7, 11) is 0. The van der Waals surface area contributed by atoms with E-state index in [-0.39, 0.29) is 5.91 Å². The molecular weight excluding hydrogens is 236 g/mol. The Hall–Kier alpha value is -1.61. The molecule has 1 heterocycles. The first-order chi connectivity index (χ1) is 8.31. The van der Waals surface area contributed by atoms with Gasteiger partial charge in [0.25, 0.3) is 0 Å². The maximum absolute atomic E-state index is 11.6. The molecule has 2 rings (SSSR count). The summed E-state index contributed by atoms with van der Waals surface area (Å²) >= 11 is 5.56. The predicted molar refractivity (Wildman–Crippen MR) is 70.3 cm³/mol. The fourth-order valence-corrected chi connectivity index (χ4v) is 1.81. The number of anilines is 1. The van der Waals surface area contributed by atoms with Crippen molar-refractivity contribution in [3.8, 4) is 0 Å². The molecule has 0 unspecified atom stereocenters. The average Bonchev–Trinajstić information content (AvgIpc) is 2.37. The van der Waals surface area contributed by atoms with Crippen LogP contribution in [-0.2, 0) is 4.79 Å². The average molecular weight is 249 g/mol. The monoisotopic (exact) mass is 248 g/mol. The van der Waals surface area contributed by atoms with E-state index in [4.69, 9.17) is 11.6 Å². The number of pyridine rings is 1. The second kappa shape index (κ2) is 5.64. The molecule has 2 aromatic rings. The number of hydrogen-bond acceptors (Lipinski definition) is 2. The number of fused-ring (bicyclic) bond motifs is 1. The third-order valence-corrected chi connectivity index (χ3v) is 2.76. The van der Waals surface area contributed by atoms with Crippen LogP contribution >= 0.6 is 11.6 Å². The molecule has 1 amide bonds. The highest BCUT2D eigenvalue weighted by Gasteiger charge is 2.04. The van der Waals surface area contributed by atoms with Gasteiger partial charge < -0.3 is 5.32 Å². The van der Waals surface area contributed by atoms with Gasteiger partial charge in [-0.15, -0.1) is 11.6 Å². The van der Waals surface area contributed by atoms with Crippen LogP contribution < -0.4 is 5.32 Å². The lowest BCUT2D eigenvalue weighted by molar-refractivity contribution is -0.116. The fraction of sp³-hybridized carbons (Fsp3) is 0.231. The Bertz CT molecular complexity index is 522. The first-order valence-corrected chi connectivity index (χ1v) is 6.03. The van der Waals surface area contributed by atoms with Gasteiger partial charge >= 0.3 is 0 Å². The van der Waals surface area contributed by atoms with Crippen molar-refractivity contribution in [3.05, 3.63) is 36.7 Å². The van der Waals surface area contributed by atoms with Gasteiger partial charge in [-0.05, 0) is 18.6 Å². The molecule has 1 N–H and O–H groups in total. The Kier molecular flexibility index (Phi) is 3.94. The van der Waals surface area contributed by atoms with Crippen LogP contribution in [0, 0.1) is 0 Å². The van der Waals surface area contributed by atoms with E-state index in [9.17, 15) is 4.79 Å². The normalized spacial score (nSPS) is 10.4. The molecule has 3 nitrogen and oxygen atoms in total. The van der Waals surface area contributed by atoms with Crippen molar-refractivity contribution in [2.45, 2.75) is 12.8 Å². The van der Waals surface area contributed by atoms with Crippen LogP contribution in [0.25, 0.3) is 10.8 Å². The van der Waals surface area contributed by atoms with Crippen molar-refractivity contribution in [1.29, 1.82) is 0 Å². The van der Waals surface area contributed by atoms with Crippen molar-refractivity contribution in [2.24, 2.45) is 0 Å². The van der Waals surface area contributed by atoms with Crippen molar-refractivity contribution < 1.29 is 4.79 Å². The standard InChI is InChI=1S/C13H13ClN2O/c14-7-2-5-13(17)16-12-4-1-3-10-9-15-8-6-11(10)12/h1,3-4,6,8-9H,2,5,7H2,(H,16,17). The third kappa shape index (κ3) is 2.94. The van der Waals surface area contributed by atoms with E-state index < -0.39 is 0 Å². The van der Waals surface area contributed by atoms with E-state index in [1.807, 2.05) is 24.3 Å². The lowest BCUT2D eigenvalue weighted by atomic mass is 10.1. The zero-order chi connectivity index (χ0) is 12.1. The number of benzene rings is 1. The zero-order valence-electron chi connectivity index (χ0n) is 9.32. The number of nitrogens with one attached hydrogen (secondary N) is 1. The van der Waals surface area contributed by atoms with Crippen LogP contribution in [-0.4, -0.2) is 16.8 Å². The molecule has 0 aliphatic rings. The number of amides is 1.